The maximum atomic E-state index is 12.7. The molecular weight excluding hydrogens is 471 g/mol. The number of benzene rings is 2. The van der Waals surface area contributed by atoms with Crippen molar-refractivity contribution in [3.63, 3.8) is 0 Å². The maximum absolute atomic E-state index is 12.7. The van der Waals surface area contributed by atoms with Crippen molar-refractivity contribution in [2.45, 2.75) is 37.0 Å². The van der Waals surface area contributed by atoms with E-state index in [4.69, 9.17) is 4.74 Å². The second-order valence-corrected chi connectivity index (χ2v) is 10.0. The van der Waals surface area contributed by atoms with Crippen molar-refractivity contribution >= 4 is 46.2 Å². The van der Waals surface area contributed by atoms with Crippen LogP contribution in [-0.2, 0) is 25.0 Å². The molecule has 35 heavy (non-hydrogen) atoms. The monoisotopic (exact) mass is 498 g/mol. The maximum Gasteiger partial charge on any atom is 0.488 e. The van der Waals surface area contributed by atoms with Crippen LogP contribution in [0, 0.1) is 0 Å². The highest BCUT2D eigenvalue weighted by molar-refractivity contribution is 7.90. The molecule has 12 heteroatoms. The van der Waals surface area contributed by atoms with Crippen LogP contribution in [0.2, 0.25) is 0 Å². The lowest BCUT2D eigenvalue weighted by atomic mass is 9.76. The number of amides is 1. The molecule has 2 aliphatic heterocycles. The van der Waals surface area contributed by atoms with Gasteiger partial charge in [-0.3, -0.25) is 4.79 Å². The van der Waals surface area contributed by atoms with E-state index in [0.29, 0.717) is 18.4 Å². The van der Waals surface area contributed by atoms with Gasteiger partial charge < -0.3 is 20.1 Å². The third-order valence-corrected chi connectivity index (χ3v) is 7.88. The number of nitrogens with one attached hydrogen (secondary N) is 1. The van der Waals surface area contributed by atoms with Crippen LogP contribution in [0.1, 0.15) is 43.4 Å². The summed E-state index contributed by atoms with van der Waals surface area (Å²) in [5, 5.41) is 27.8. The highest BCUT2D eigenvalue weighted by Crippen LogP contribution is 2.42. The lowest BCUT2D eigenvalue weighted by Gasteiger charge is -2.24. The number of rotatable bonds is 8. The molecule has 0 unspecified atom stereocenters. The van der Waals surface area contributed by atoms with Crippen LogP contribution >= 0.6 is 0 Å². The Kier molecular flexibility index (Phi) is 6.82. The average Bonchev–Trinajstić information content (AvgIpc) is 3.28. The van der Waals surface area contributed by atoms with Gasteiger partial charge in [0.25, 0.3) is 10.0 Å². The fourth-order valence-electron chi connectivity index (χ4n) is 4.49. The Hall–Kier alpha value is -3.06. The van der Waals surface area contributed by atoms with Gasteiger partial charge in [-0.1, -0.05) is 32.0 Å². The van der Waals surface area contributed by atoms with Gasteiger partial charge in [0, 0.05) is 18.4 Å². The zero-order chi connectivity index (χ0) is 25.4. The van der Waals surface area contributed by atoms with E-state index in [1.807, 2.05) is 32.0 Å². The van der Waals surface area contributed by atoms with Gasteiger partial charge in [0.15, 0.2) is 5.84 Å². The number of carbonyl (C=O) groups excluding carboxylic acids is 1. The topological polar surface area (TPSA) is 141 Å². The number of ether oxygens (including phenoxy) is 1. The van der Waals surface area contributed by atoms with Gasteiger partial charge in [0.1, 0.15) is 4.90 Å². The predicted molar refractivity (Wildman–Crippen MR) is 133 cm³/mol. The fraction of sp³-hybridized carbons (Fsp3) is 0.348. The van der Waals surface area contributed by atoms with Gasteiger partial charge in [-0.15, -0.1) is 4.40 Å². The lowest BCUT2D eigenvalue weighted by Crippen LogP contribution is -2.33. The van der Waals surface area contributed by atoms with Crippen molar-refractivity contribution in [1.29, 1.82) is 0 Å². The number of anilines is 1. The first kappa shape index (κ1) is 25.1. The molecule has 10 nitrogen and oxygen atoms in total. The first-order valence-corrected chi connectivity index (χ1v) is 12.7. The quantitative estimate of drug-likeness (QED) is 0.278. The number of hydrazone groups is 1. The second kappa shape index (κ2) is 9.54. The molecule has 0 saturated heterocycles. The number of fused-ring (bicyclic) bond motifs is 2. The van der Waals surface area contributed by atoms with Crippen LogP contribution in [0.15, 0.2) is 50.8 Å². The smallest absolute Gasteiger partial charge is 0.423 e. The van der Waals surface area contributed by atoms with Crippen molar-refractivity contribution in [2.24, 2.45) is 9.50 Å². The van der Waals surface area contributed by atoms with E-state index < -0.39 is 22.6 Å². The number of methoxy groups -OCH3 is 1. The Balaban J connectivity index is 1.71. The number of sulfonamides is 1. The van der Waals surface area contributed by atoms with Gasteiger partial charge in [-0.05, 0) is 47.6 Å². The number of hydrogen-bond donors (Lipinski definition) is 3. The van der Waals surface area contributed by atoms with Crippen LogP contribution < -0.4 is 10.8 Å². The van der Waals surface area contributed by atoms with E-state index in [-0.39, 0.29) is 35.3 Å². The van der Waals surface area contributed by atoms with Crippen molar-refractivity contribution < 1.29 is 28.0 Å². The molecule has 0 radical (unpaired) electrons. The summed E-state index contributed by atoms with van der Waals surface area (Å²) in [6.45, 7) is 4.46. The van der Waals surface area contributed by atoms with Crippen LogP contribution in [0.4, 0.5) is 5.69 Å². The van der Waals surface area contributed by atoms with Crippen molar-refractivity contribution in [3.8, 4) is 0 Å². The summed E-state index contributed by atoms with van der Waals surface area (Å²) in [6.07, 6.45) is 2.92. The van der Waals surface area contributed by atoms with Gasteiger partial charge >= 0.3 is 7.12 Å². The molecule has 0 spiro atoms. The number of hydrogen-bond acceptors (Lipinski definition) is 8. The Morgan fingerprint density at radius 1 is 1.20 bits per heavy atom. The molecule has 0 fully saturated rings. The highest BCUT2D eigenvalue weighted by atomic mass is 32.2. The van der Waals surface area contributed by atoms with Gasteiger partial charge in [-0.25, -0.2) is 5.01 Å². The summed E-state index contributed by atoms with van der Waals surface area (Å²) in [5.74, 6) is 0.101. The van der Waals surface area contributed by atoms with Crippen molar-refractivity contribution in [1.82, 2.24) is 5.01 Å². The summed E-state index contributed by atoms with van der Waals surface area (Å²) in [5.41, 5.74) is 2.21. The number of amidine groups is 1. The molecule has 3 N–H and O–H groups in total. The molecule has 2 aromatic carbocycles. The normalized spacial score (nSPS) is 17.2. The zero-order valence-electron chi connectivity index (χ0n) is 19.7. The van der Waals surface area contributed by atoms with Crippen LogP contribution in [0.5, 0.6) is 0 Å². The first-order valence-electron chi connectivity index (χ1n) is 11.3. The minimum Gasteiger partial charge on any atom is -0.423 e. The largest absolute Gasteiger partial charge is 0.488 e. The molecule has 0 bridgehead atoms. The summed E-state index contributed by atoms with van der Waals surface area (Å²) < 4.78 is 34.4. The fourth-order valence-corrected chi connectivity index (χ4v) is 5.73. The summed E-state index contributed by atoms with van der Waals surface area (Å²) in [4.78, 5) is 12.5. The summed E-state index contributed by atoms with van der Waals surface area (Å²) in [7, 11) is -4.32. The van der Waals surface area contributed by atoms with Crippen LogP contribution in [0.25, 0.3) is 0 Å². The minimum absolute atomic E-state index is 0.0113. The molecule has 184 valence electrons. The molecular formula is C23H27BN4O6S. The predicted octanol–water partition coefficient (Wildman–Crippen LogP) is 0.808. The van der Waals surface area contributed by atoms with E-state index in [2.05, 4.69) is 14.8 Å². The van der Waals surface area contributed by atoms with E-state index in [1.54, 1.807) is 6.21 Å². The molecule has 4 rings (SSSR count). The van der Waals surface area contributed by atoms with E-state index >= 15 is 0 Å². The molecule has 0 aromatic heterocycles. The van der Waals surface area contributed by atoms with Gasteiger partial charge in [0.2, 0.25) is 5.91 Å². The SMILES string of the molecule is CCC1(CC)C(=O)Nc2ccc(/C=N/N(CCOC)C3=NS(=O)(=O)c4cc(B(O)O)ccc43)cc21. The molecule has 2 heterocycles. The molecule has 0 saturated carbocycles. The summed E-state index contributed by atoms with van der Waals surface area (Å²) in [6, 6.07) is 9.70. The Labute approximate surface area is 204 Å². The third kappa shape index (κ3) is 4.38. The third-order valence-electron chi connectivity index (χ3n) is 6.58. The van der Waals surface area contributed by atoms with E-state index in [0.717, 1.165) is 16.8 Å². The van der Waals surface area contributed by atoms with Crippen molar-refractivity contribution in [3.05, 3.63) is 53.1 Å². The Morgan fingerprint density at radius 3 is 2.60 bits per heavy atom. The molecule has 2 aliphatic rings. The van der Waals surface area contributed by atoms with Gasteiger partial charge in [0.05, 0.1) is 24.8 Å². The lowest BCUT2D eigenvalue weighted by molar-refractivity contribution is -0.121. The van der Waals surface area contributed by atoms with Crippen LogP contribution in [-0.4, -0.2) is 68.8 Å². The minimum atomic E-state index is -4.04. The number of nitrogens with zero attached hydrogens (tertiary/aromatic N) is 3. The van der Waals surface area contributed by atoms with Gasteiger partial charge in [-0.2, -0.15) is 13.5 Å². The molecule has 2 aromatic rings. The van der Waals surface area contributed by atoms with Crippen molar-refractivity contribution in [2.75, 3.05) is 25.6 Å². The average molecular weight is 498 g/mol. The summed E-state index contributed by atoms with van der Waals surface area (Å²) >= 11 is 0. The van der Waals surface area contributed by atoms with Crippen LogP contribution in [0.3, 0.4) is 0 Å². The standard InChI is InChI=1S/C23H27BN4O6S/c1-4-23(5-2)18-12-15(6-9-19(18)26-22(23)29)14-25-28(10-11-34-3)21-17-8-7-16(24(30)31)13-20(17)35(32,33)27-21/h6-9,12-14,30-31H,4-5,10-11H2,1-3H3,(H,26,29)/b25-14+. The van der Waals surface area contributed by atoms with E-state index in [1.165, 1.54) is 30.3 Å². The van der Waals surface area contributed by atoms with E-state index in [9.17, 15) is 23.3 Å². The molecule has 0 atom stereocenters. The Morgan fingerprint density at radius 2 is 1.94 bits per heavy atom. The number of carbonyl (C=O) groups is 1. The highest BCUT2D eigenvalue weighted by Gasteiger charge is 2.43. The Bertz CT molecular complexity index is 1320. The second-order valence-electron chi connectivity index (χ2n) is 8.43. The zero-order valence-corrected chi connectivity index (χ0v) is 20.5. The molecule has 0 aliphatic carbocycles. The molecule has 1 amide bonds. The first-order chi connectivity index (χ1) is 16.7.